The van der Waals surface area contributed by atoms with Crippen molar-refractivity contribution in [3.63, 3.8) is 0 Å². The number of carboxylic acids is 1. The molecule has 9 heteroatoms. The summed E-state index contributed by atoms with van der Waals surface area (Å²) < 4.78 is 7.30. The summed E-state index contributed by atoms with van der Waals surface area (Å²) >= 11 is 1.71. The van der Waals surface area contributed by atoms with Crippen LogP contribution in [-0.4, -0.2) is 44.9 Å². The Morgan fingerprint density at radius 2 is 1.92 bits per heavy atom. The van der Waals surface area contributed by atoms with Crippen LogP contribution in [0.25, 0.3) is 21.3 Å². The van der Waals surface area contributed by atoms with Crippen LogP contribution in [0.5, 0.6) is 5.88 Å². The van der Waals surface area contributed by atoms with Crippen LogP contribution in [0, 0.1) is 11.3 Å². The van der Waals surface area contributed by atoms with Crippen LogP contribution < -0.4 is 10.1 Å². The smallest absolute Gasteiger partial charge is 0.303 e. The number of methoxy groups -OCH3 is 1. The maximum Gasteiger partial charge on any atom is 0.303 e. The average molecular weight is 517 g/mol. The van der Waals surface area contributed by atoms with Crippen LogP contribution in [0.4, 0.5) is 0 Å². The van der Waals surface area contributed by atoms with Gasteiger partial charge in [0, 0.05) is 28.4 Å². The highest BCUT2D eigenvalue weighted by Gasteiger charge is 2.53. The first-order valence-electron chi connectivity index (χ1n) is 12.5. The molecule has 3 heterocycles. The van der Waals surface area contributed by atoms with Gasteiger partial charge in [-0.05, 0) is 54.7 Å². The molecule has 1 amide bonds. The van der Waals surface area contributed by atoms with Crippen molar-refractivity contribution in [2.24, 2.45) is 11.3 Å². The van der Waals surface area contributed by atoms with Gasteiger partial charge in [0.15, 0.2) is 0 Å². The van der Waals surface area contributed by atoms with Gasteiger partial charge in [-0.2, -0.15) is 5.10 Å². The van der Waals surface area contributed by atoms with E-state index in [-0.39, 0.29) is 29.7 Å². The van der Waals surface area contributed by atoms with Gasteiger partial charge in [-0.15, -0.1) is 11.3 Å². The highest BCUT2D eigenvalue weighted by Crippen LogP contribution is 2.59. The number of rotatable bonds is 8. The zero-order valence-electron chi connectivity index (χ0n) is 20.5. The molecule has 0 saturated heterocycles. The molecule has 1 aromatic carbocycles. The van der Waals surface area contributed by atoms with Crippen LogP contribution >= 0.6 is 11.3 Å². The van der Waals surface area contributed by atoms with Crippen molar-refractivity contribution >= 4 is 34.1 Å². The normalized spacial score (nSPS) is 22.4. The first-order chi connectivity index (χ1) is 17.9. The maximum atomic E-state index is 13.4. The molecular weight excluding hydrogens is 488 g/mol. The average Bonchev–Trinajstić information content (AvgIpc) is 3.49. The monoisotopic (exact) mass is 516 g/mol. The Hall–Kier alpha value is -3.72. The molecule has 0 unspecified atom stereocenters. The van der Waals surface area contributed by atoms with Crippen molar-refractivity contribution in [1.82, 2.24) is 20.1 Å². The molecule has 4 aromatic rings. The summed E-state index contributed by atoms with van der Waals surface area (Å²) in [5.41, 5.74) is 2.57. The van der Waals surface area contributed by atoms with E-state index in [0.29, 0.717) is 28.9 Å². The van der Waals surface area contributed by atoms with E-state index in [0.717, 1.165) is 30.6 Å². The van der Waals surface area contributed by atoms with Gasteiger partial charge in [0.1, 0.15) is 0 Å². The summed E-state index contributed by atoms with van der Waals surface area (Å²) in [6, 6.07) is 14.6. The molecule has 2 fully saturated rings. The molecule has 8 nitrogen and oxygen atoms in total. The van der Waals surface area contributed by atoms with Gasteiger partial charge < -0.3 is 15.2 Å². The van der Waals surface area contributed by atoms with E-state index in [4.69, 9.17) is 9.84 Å². The Labute approximate surface area is 218 Å². The maximum absolute atomic E-state index is 13.4. The van der Waals surface area contributed by atoms with Crippen molar-refractivity contribution in [3.8, 4) is 16.3 Å². The number of carboxylic acid groups (broad SMARTS) is 1. The fourth-order valence-corrected chi connectivity index (χ4v) is 7.13. The molecule has 37 heavy (non-hydrogen) atoms. The van der Waals surface area contributed by atoms with Crippen LogP contribution in [0.2, 0.25) is 0 Å². The summed E-state index contributed by atoms with van der Waals surface area (Å²) in [6.07, 6.45) is 7.21. The summed E-state index contributed by atoms with van der Waals surface area (Å²) in [5.74, 6) is -0.182. The van der Waals surface area contributed by atoms with Crippen molar-refractivity contribution in [2.45, 2.75) is 44.7 Å². The molecule has 0 atom stereocenters. The minimum atomic E-state index is -0.726. The highest BCUT2D eigenvalue weighted by atomic mass is 32.1. The third-order valence-electron chi connectivity index (χ3n) is 7.70. The summed E-state index contributed by atoms with van der Waals surface area (Å²) in [4.78, 5) is 31.0. The number of nitrogens with one attached hydrogen (secondary N) is 1. The van der Waals surface area contributed by atoms with E-state index in [2.05, 4.69) is 39.7 Å². The van der Waals surface area contributed by atoms with Gasteiger partial charge in [-0.25, -0.2) is 4.98 Å². The van der Waals surface area contributed by atoms with Gasteiger partial charge in [0.05, 0.1) is 36.3 Å². The predicted octanol–water partition coefficient (Wildman–Crippen LogP) is 4.98. The number of hydrogen-bond acceptors (Lipinski definition) is 6. The number of thiophene rings is 1. The highest BCUT2D eigenvalue weighted by molar-refractivity contribution is 7.15. The van der Waals surface area contributed by atoms with Gasteiger partial charge in [-0.3, -0.25) is 14.3 Å². The van der Waals surface area contributed by atoms with Crippen LogP contribution in [-0.2, 0) is 11.3 Å². The fraction of sp³-hybridized carbons (Fsp3) is 0.357. The molecule has 0 bridgehead atoms. The molecule has 6 rings (SSSR count). The van der Waals surface area contributed by atoms with Crippen molar-refractivity contribution in [3.05, 3.63) is 65.3 Å². The lowest BCUT2D eigenvalue weighted by Crippen LogP contribution is -2.56. The lowest BCUT2D eigenvalue weighted by atomic mass is 9.49. The number of aromatic nitrogens is 3. The third kappa shape index (κ3) is 4.48. The minimum absolute atomic E-state index is 0.0949. The lowest BCUT2D eigenvalue weighted by molar-refractivity contribution is -0.142. The summed E-state index contributed by atoms with van der Waals surface area (Å²) in [7, 11) is 1.56. The van der Waals surface area contributed by atoms with E-state index in [1.165, 1.54) is 10.4 Å². The molecule has 2 aliphatic carbocycles. The standard InChI is InChI=1S/C28H28N4O4S/c1-36-27-22-15-30-32(16-20-7-8-23(37-20)18-5-3-2-4-6-18)25(22)21(14-29-27)26(35)31-19-12-28(13-19)10-17(11-28)9-24(33)34/h2-8,14-15,17,19H,9-13,16H2,1H3,(H,31,35)(H,33,34). The number of hydrogen-bond donors (Lipinski definition) is 2. The molecule has 2 N–H and O–H groups in total. The first-order valence-corrected chi connectivity index (χ1v) is 13.3. The molecule has 190 valence electrons. The Balaban J connectivity index is 1.19. The second-order valence-electron chi connectivity index (χ2n) is 10.3. The van der Waals surface area contributed by atoms with Crippen molar-refractivity contribution < 1.29 is 19.4 Å². The quantitative estimate of drug-likeness (QED) is 0.342. The van der Waals surface area contributed by atoms with E-state index in [1.54, 1.807) is 30.8 Å². The molecule has 3 aromatic heterocycles. The van der Waals surface area contributed by atoms with Gasteiger partial charge in [0.25, 0.3) is 5.91 Å². The third-order valence-corrected chi connectivity index (χ3v) is 8.82. The van der Waals surface area contributed by atoms with Gasteiger partial charge >= 0.3 is 5.97 Å². The van der Waals surface area contributed by atoms with E-state index in [1.807, 2.05) is 22.9 Å². The Kier molecular flexibility index (Phi) is 5.95. The molecule has 2 aliphatic rings. The van der Waals surface area contributed by atoms with Gasteiger partial charge in [0.2, 0.25) is 5.88 Å². The zero-order chi connectivity index (χ0) is 25.6. The van der Waals surface area contributed by atoms with Crippen molar-refractivity contribution in [1.29, 1.82) is 0 Å². The first kappa shape index (κ1) is 23.7. The number of fused-ring (bicyclic) bond motifs is 1. The number of carbonyl (C=O) groups excluding carboxylic acids is 1. The lowest BCUT2D eigenvalue weighted by Gasteiger charge is -2.57. The Morgan fingerprint density at radius 3 is 2.65 bits per heavy atom. The predicted molar refractivity (Wildman–Crippen MR) is 141 cm³/mol. The minimum Gasteiger partial charge on any atom is -0.481 e. The number of nitrogens with zero attached hydrogens (tertiary/aromatic N) is 3. The Bertz CT molecular complexity index is 1460. The molecule has 2 saturated carbocycles. The second-order valence-corrected chi connectivity index (χ2v) is 11.5. The van der Waals surface area contributed by atoms with E-state index < -0.39 is 5.97 Å². The number of pyridine rings is 1. The number of ether oxygens (including phenoxy) is 1. The van der Waals surface area contributed by atoms with Crippen LogP contribution in [0.3, 0.4) is 0 Å². The van der Waals surface area contributed by atoms with Crippen molar-refractivity contribution in [2.75, 3.05) is 7.11 Å². The number of benzene rings is 1. The largest absolute Gasteiger partial charge is 0.481 e. The number of amides is 1. The molecular formula is C28H28N4O4S. The second kappa shape index (κ2) is 9.30. The van der Waals surface area contributed by atoms with Crippen LogP contribution in [0.15, 0.2) is 54.9 Å². The topological polar surface area (TPSA) is 106 Å². The summed E-state index contributed by atoms with van der Waals surface area (Å²) in [5, 5.41) is 17.5. The van der Waals surface area contributed by atoms with E-state index >= 15 is 0 Å². The molecule has 1 spiro atoms. The van der Waals surface area contributed by atoms with Crippen LogP contribution in [0.1, 0.15) is 47.3 Å². The fourth-order valence-electron chi connectivity index (χ4n) is 6.14. The van der Waals surface area contributed by atoms with Gasteiger partial charge in [-0.1, -0.05) is 30.3 Å². The van der Waals surface area contributed by atoms with E-state index in [9.17, 15) is 9.59 Å². The number of aliphatic carboxylic acids is 1. The Morgan fingerprint density at radius 1 is 1.14 bits per heavy atom. The summed E-state index contributed by atoms with van der Waals surface area (Å²) in [6.45, 7) is 0.534. The number of carbonyl (C=O) groups is 2. The SMILES string of the molecule is COc1ncc(C(=O)NC2CC3(CC(CC(=O)O)C3)C2)c2c1cnn2Cc1ccc(-c2ccccc2)s1. The molecule has 0 radical (unpaired) electrons. The molecule has 0 aliphatic heterocycles. The zero-order valence-corrected chi connectivity index (χ0v) is 21.3.